The quantitative estimate of drug-likeness (QED) is 0.601. The maximum Gasteiger partial charge on any atom is 0.289 e. The molecule has 29 heavy (non-hydrogen) atoms. The molecule has 10 heteroatoms. The lowest BCUT2D eigenvalue weighted by Crippen LogP contribution is -2.43. The minimum Gasteiger partial charge on any atom is -0.378 e. The number of carbonyl (C=O) groups is 3. The van der Waals surface area contributed by atoms with E-state index in [2.05, 4.69) is 26.1 Å². The SMILES string of the molecule is Cc1ccccc1C(=O)NCCC(=O)NNC(=O)c1csc(N2CCOCC2)n1. The Morgan fingerprint density at radius 2 is 1.90 bits per heavy atom. The van der Waals surface area contributed by atoms with E-state index in [4.69, 9.17) is 4.74 Å². The minimum absolute atomic E-state index is 0.0357. The molecule has 3 rings (SSSR count). The van der Waals surface area contributed by atoms with E-state index in [-0.39, 0.29) is 24.6 Å². The van der Waals surface area contributed by atoms with Crippen LogP contribution in [0.1, 0.15) is 32.8 Å². The lowest BCUT2D eigenvalue weighted by Gasteiger charge is -2.25. The van der Waals surface area contributed by atoms with Crippen LogP contribution in [0.4, 0.5) is 5.13 Å². The highest BCUT2D eigenvalue weighted by molar-refractivity contribution is 7.13. The molecule has 2 heterocycles. The van der Waals surface area contributed by atoms with E-state index in [1.807, 2.05) is 19.1 Å². The number of carbonyl (C=O) groups excluding carboxylic acids is 3. The predicted octanol–water partition coefficient (Wildman–Crippen LogP) is 0.869. The number of aromatic nitrogens is 1. The molecular weight excluding hydrogens is 394 g/mol. The highest BCUT2D eigenvalue weighted by Gasteiger charge is 2.18. The number of hydrogen-bond acceptors (Lipinski definition) is 7. The van der Waals surface area contributed by atoms with Gasteiger partial charge in [0.15, 0.2) is 5.13 Å². The molecule has 1 fully saturated rings. The molecule has 1 aromatic heterocycles. The Hall–Kier alpha value is -2.98. The number of benzene rings is 1. The summed E-state index contributed by atoms with van der Waals surface area (Å²) in [6.07, 6.45) is 0.0357. The third kappa shape index (κ3) is 5.75. The summed E-state index contributed by atoms with van der Waals surface area (Å²) in [5.41, 5.74) is 6.35. The Balaban J connectivity index is 1.39. The first kappa shape index (κ1) is 20.7. The summed E-state index contributed by atoms with van der Waals surface area (Å²) in [6, 6.07) is 7.21. The van der Waals surface area contributed by atoms with Crippen LogP contribution in [0.25, 0.3) is 0 Å². The van der Waals surface area contributed by atoms with Crippen molar-refractivity contribution >= 4 is 34.2 Å². The predicted molar refractivity (Wildman–Crippen MR) is 109 cm³/mol. The smallest absolute Gasteiger partial charge is 0.289 e. The zero-order chi connectivity index (χ0) is 20.6. The molecule has 2 aromatic rings. The molecule has 0 atom stereocenters. The highest BCUT2D eigenvalue weighted by atomic mass is 32.1. The van der Waals surface area contributed by atoms with Gasteiger partial charge in [0.2, 0.25) is 5.91 Å². The molecule has 9 nitrogen and oxygen atoms in total. The van der Waals surface area contributed by atoms with Gasteiger partial charge in [0.1, 0.15) is 5.69 Å². The van der Waals surface area contributed by atoms with E-state index in [1.54, 1.807) is 17.5 Å². The molecule has 0 unspecified atom stereocenters. The average molecular weight is 417 g/mol. The molecule has 1 saturated heterocycles. The van der Waals surface area contributed by atoms with E-state index >= 15 is 0 Å². The summed E-state index contributed by atoms with van der Waals surface area (Å²) in [7, 11) is 0. The topological polar surface area (TPSA) is 113 Å². The van der Waals surface area contributed by atoms with Crippen molar-refractivity contribution in [1.29, 1.82) is 0 Å². The minimum atomic E-state index is -0.488. The van der Waals surface area contributed by atoms with Crippen LogP contribution in [-0.2, 0) is 9.53 Å². The molecule has 3 amide bonds. The molecule has 1 aromatic carbocycles. The Kier molecular flexibility index (Phi) is 7.14. The zero-order valence-electron chi connectivity index (χ0n) is 16.1. The summed E-state index contributed by atoms with van der Waals surface area (Å²) >= 11 is 1.37. The zero-order valence-corrected chi connectivity index (χ0v) is 16.9. The maximum absolute atomic E-state index is 12.2. The average Bonchev–Trinajstić information content (AvgIpc) is 3.23. The molecule has 0 aliphatic carbocycles. The van der Waals surface area contributed by atoms with Crippen LogP contribution in [0.15, 0.2) is 29.6 Å². The number of hydrogen-bond donors (Lipinski definition) is 3. The van der Waals surface area contributed by atoms with Crippen molar-refractivity contribution in [1.82, 2.24) is 21.2 Å². The van der Waals surface area contributed by atoms with Gasteiger partial charge in [0.05, 0.1) is 13.2 Å². The van der Waals surface area contributed by atoms with Crippen molar-refractivity contribution in [2.24, 2.45) is 0 Å². The molecule has 0 radical (unpaired) electrons. The molecule has 0 saturated carbocycles. The number of hydrazine groups is 1. The summed E-state index contributed by atoms with van der Waals surface area (Å²) in [5.74, 6) is -1.14. The second-order valence-corrected chi connectivity index (χ2v) is 7.27. The lowest BCUT2D eigenvalue weighted by atomic mass is 10.1. The van der Waals surface area contributed by atoms with Crippen molar-refractivity contribution in [3.63, 3.8) is 0 Å². The number of morpholine rings is 1. The summed E-state index contributed by atoms with van der Waals surface area (Å²) in [6.45, 7) is 4.75. The van der Waals surface area contributed by atoms with Gasteiger partial charge in [-0.25, -0.2) is 4.98 Å². The number of nitrogens with one attached hydrogen (secondary N) is 3. The summed E-state index contributed by atoms with van der Waals surface area (Å²) in [5, 5.41) is 5.09. The van der Waals surface area contributed by atoms with Gasteiger partial charge in [-0.3, -0.25) is 25.2 Å². The first-order valence-electron chi connectivity index (χ1n) is 9.26. The fourth-order valence-corrected chi connectivity index (χ4v) is 3.59. The number of nitrogens with zero attached hydrogens (tertiary/aromatic N) is 2. The van der Waals surface area contributed by atoms with E-state index < -0.39 is 11.8 Å². The molecular formula is C19H23N5O4S. The van der Waals surface area contributed by atoms with Gasteiger partial charge in [-0.1, -0.05) is 18.2 Å². The number of aryl methyl sites for hydroxylation is 1. The Bertz CT molecular complexity index is 879. The van der Waals surface area contributed by atoms with E-state index in [1.165, 1.54) is 11.3 Å². The summed E-state index contributed by atoms with van der Waals surface area (Å²) in [4.78, 5) is 42.5. The monoisotopic (exact) mass is 417 g/mol. The summed E-state index contributed by atoms with van der Waals surface area (Å²) < 4.78 is 5.30. The van der Waals surface area contributed by atoms with Crippen molar-refractivity contribution in [3.05, 3.63) is 46.5 Å². The van der Waals surface area contributed by atoms with Gasteiger partial charge in [0.25, 0.3) is 11.8 Å². The van der Waals surface area contributed by atoms with Crippen LogP contribution in [0.3, 0.4) is 0 Å². The molecule has 1 aliphatic rings. The second-order valence-electron chi connectivity index (χ2n) is 6.44. The van der Waals surface area contributed by atoms with Crippen molar-refractivity contribution in [2.75, 3.05) is 37.7 Å². The third-order valence-corrected chi connectivity index (χ3v) is 5.25. The maximum atomic E-state index is 12.2. The van der Waals surface area contributed by atoms with E-state index in [0.717, 1.165) is 23.8 Å². The molecule has 3 N–H and O–H groups in total. The van der Waals surface area contributed by atoms with Crippen molar-refractivity contribution < 1.29 is 19.1 Å². The van der Waals surface area contributed by atoms with Gasteiger partial charge >= 0.3 is 0 Å². The van der Waals surface area contributed by atoms with Gasteiger partial charge in [-0.15, -0.1) is 11.3 Å². The first-order valence-corrected chi connectivity index (χ1v) is 10.1. The number of rotatable bonds is 6. The van der Waals surface area contributed by atoms with Crippen molar-refractivity contribution in [2.45, 2.75) is 13.3 Å². The lowest BCUT2D eigenvalue weighted by molar-refractivity contribution is -0.121. The van der Waals surface area contributed by atoms with Gasteiger partial charge in [-0.2, -0.15) is 0 Å². The van der Waals surface area contributed by atoms with Crippen LogP contribution in [0.2, 0.25) is 0 Å². The Labute approximate surface area is 172 Å². The van der Waals surface area contributed by atoms with Crippen LogP contribution < -0.4 is 21.1 Å². The van der Waals surface area contributed by atoms with Crippen molar-refractivity contribution in [3.8, 4) is 0 Å². The van der Waals surface area contributed by atoms with Crippen LogP contribution in [0.5, 0.6) is 0 Å². The highest BCUT2D eigenvalue weighted by Crippen LogP contribution is 2.21. The molecule has 154 valence electrons. The standard InChI is InChI=1S/C19H23N5O4S/c1-13-4-2-3-5-14(13)17(26)20-7-6-16(25)22-23-18(27)15-12-29-19(21-15)24-8-10-28-11-9-24/h2-5,12H,6-11H2,1H3,(H,20,26)(H,22,25)(H,23,27). The van der Waals surface area contributed by atoms with Gasteiger partial charge < -0.3 is 15.0 Å². The molecule has 0 spiro atoms. The number of anilines is 1. The Morgan fingerprint density at radius 3 is 2.66 bits per heavy atom. The Morgan fingerprint density at radius 1 is 1.14 bits per heavy atom. The fourth-order valence-electron chi connectivity index (χ4n) is 2.73. The number of thiazole rings is 1. The largest absolute Gasteiger partial charge is 0.378 e. The normalized spacial score (nSPS) is 13.6. The van der Waals surface area contributed by atoms with Gasteiger partial charge in [-0.05, 0) is 18.6 Å². The first-order chi connectivity index (χ1) is 14.0. The van der Waals surface area contributed by atoms with E-state index in [0.29, 0.717) is 18.8 Å². The van der Waals surface area contributed by atoms with Gasteiger partial charge in [0, 0.05) is 37.0 Å². The fraction of sp³-hybridized carbons (Fsp3) is 0.368. The second kappa shape index (κ2) is 9.99. The molecule has 1 aliphatic heterocycles. The van der Waals surface area contributed by atoms with E-state index in [9.17, 15) is 14.4 Å². The number of amides is 3. The van der Waals surface area contributed by atoms with Crippen LogP contribution in [0, 0.1) is 6.92 Å². The third-order valence-electron chi connectivity index (χ3n) is 4.35. The van der Waals surface area contributed by atoms with Crippen LogP contribution >= 0.6 is 11.3 Å². The molecule has 0 bridgehead atoms. The van der Waals surface area contributed by atoms with Crippen LogP contribution in [-0.4, -0.2) is 55.6 Å². The number of ether oxygens (including phenoxy) is 1.